The summed E-state index contributed by atoms with van der Waals surface area (Å²) in [6.45, 7) is 5.36. The molecule has 2 N–H and O–H groups in total. The van der Waals surface area contributed by atoms with Crippen molar-refractivity contribution in [2.75, 3.05) is 6.54 Å². The van der Waals surface area contributed by atoms with Gasteiger partial charge in [0.25, 0.3) is 0 Å². The lowest BCUT2D eigenvalue weighted by Gasteiger charge is -1.99. The zero-order valence-corrected chi connectivity index (χ0v) is 9.35. The molecule has 0 spiro atoms. The summed E-state index contributed by atoms with van der Waals surface area (Å²) in [5.74, 6) is -0.775. The van der Waals surface area contributed by atoms with Gasteiger partial charge < -0.3 is 10.4 Å². The summed E-state index contributed by atoms with van der Waals surface area (Å²) in [7, 11) is 0. The number of aliphatic carboxylic acids is 1. The van der Waals surface area contributed by atoms with Crippen LogP contribution in [-0.2, 0) is 17.8 Å². The first-order valence-electron chi connectivity index (χ1n) is 4.83. The van der Waals surface area contributed by atoms with E-state index in [4.69, 9.17) is 5.11 Å². The number of rotatable bonds is 7. The topological polar surface area (TPSA) is 49.3 Å². The zero-order valence-electron chi connectivity index (χ0n) is 8.53. The first kappa shape index (κ1) is 11.9. The minimum absolute atomic E-state index is 0.122. The van der Waals surface area contributed by atoms with Gasteiger partial charge in [-0.3, -0.25) is 4.79 Å². The summed E-state index contributed by atoms with van der Waals surface area (Å²) in [5.41, 5.74) is 0. The van der Waals surface area contributed by atoms with Crippen molar-refractivity contribution in [3.8, 4) is 0 Å². The van der Waals surface area contributed by atoms with Gasteiger partial charge in [-0.2, -0.15) is 0 Å². The van der Waals surface area contributed by atoms with E-state index in [1.54, 1.807) is 11.3 Å². The molecule has 0 aromatic carbocycles. The molecule has 0 unspecified atom stereocenters. The molecule has 1 heterocycles. The standard InChI is InChI=1S/C11H15NO2S/c1-2-3-6-12-8-10-5-4-9(15-10)7-11(13)14/h2,4-5,12H,1,3,6-8H2,(H,13,14). The van der Waals surface area contributed by atoms with E-state index in [0.29, 0.717) is 0 Å². The van der Waals surface area contributed by atoms with Crippen LogP contribution in [0.25, 0.3) is 0 Å². The number of carboxylic acids is 1. The van der Waals surface area contributed by atoms with Crippen molar-refractivity contribution < 1.29 is 9.90 Å². The lowest BCUT2D eigenvalue weighted by Crippen LogP contribution is -2.12. The first-order valence-corrected chi connectivity index (χ1v) is 5.65. The highest BCUT2D eigenvalue weighted by molar-refractivity contribution is 7.12. The number of hydrogen-bond donors (Lipinski definition) is 2. The Hall–Kier alpha value is -1.13. The fraction of sp³-hybridized carbons (Fsp3) is 0.364. The molecule has 15 heavy (non-hydrogen) atoms. The van der Waals surface area contributed by atoms with Crippen LogP contribution in [0.4, 0.5) is 0 Å². The van der Waals surface area contributed by atoms with Gasteiger partial charge in [0.15, 0.2) is 0 Å². The van der Waals surface area contributed by atoms with Gasteiger partial charge in [-0.1, -0.05) is 6.08 Å². The highest BCUT2D eigenvalue weighted by atomic mass is 32.1. The van der Waals surface area contributed by atoms with E-state index in [1.807, 2.05) is 18.2 Å². The van der Waals surface area contributed by atoms with Crippen molar-refractivity contribution in [1.29, 1.82) is 0 Å². The van der Waals surface area contributed by atoms with Gasteiger partial charge in [-0.15, -0.1) is 17.9 Å². The fourth-order valence-corrected chi connectivity index (χ4v) is 2.16. The maximum atomic E-state index is 10.5. The average Bonchev–Trinajstić information content (AvgIpc) is 2.59. The molecular formula is C11H15NO2S. The Morgan fingerprint density at radius 2 is 2.27 bits per heavy atom. The van der Waals surface area contributed by atoms with E-state index >= 15 is 0 Å². The largest absolute Gasteiger partial charge is 0.481 e. The van der Waals surface area contributed by atoms with Gasteiger partial charge in [0.2, 0.25) is 0 Å². The van der Waals surface area contributed by atoms with Crippen LogP contribution >= 0.6 is 11.3 Å². The van der Waals surface area contributed by atoms with Crippen molar-refractivity contribution in [2.24, 2.45) is 0 Å². The van der Waals surface area contributed by atoms with Gasteiger partial charge in [0, 0.05) is 16.3 Å². The van der Waals surface area contributed by atoms with E-state index in [0.717, 1.165) is 24.4 Å². The number of nitrogens with one attached hydrogen (secondary N) is 1. The molecule has 0 aliphatic carbocycles. The zero-order chi connectivity index (χ0) is 11.1. The van der Waals surface area contributed by atoms with Crippen molar-refractivity contribution in [1.82, 2.24) is 5.32 Å². The molecule has 82 valence electrons. The van der Waals surface area contributed by atoms with Crippen LogP contribution < -0.4 is 5.32 Å². The third-order valence-corrected chi connectivity index (χ3v) is 2.95. The molecule has 4 heteroatoms. The first-order chi connectivity index (χ1) is 7.22. The second kappa shape index (κ2) is 6.37. The average molecular weight is 225 g/mol. The van der Waals surface area contributed by atoms with Crippen LogP contribution in [-0.4, -0.2) is 17.6 Å². The van der Waals surface area contributed by atoms with E-state index in [1.165, 1.54) is 4.88 Å². The molecule has 1 aromatic heterocycles. The van der Waals surface area contributed by atoms with Gasteiger partial charge in [0.05, 0.1) is 6.42 Å². The Morgan fingerprint density at radius 3 is 2.93 bits per heavy atom. The lowest BCUT2D eigenvalue weighted by atomic mass is 10.3. The molecule has 0 fully saturated rings. The molecule has 0 saturated carbocycles. The Balaban J connectivity index is 2.32. The van der Waals surface area contributed by atoms with E-state index in [2.05, 4.69) is 11.9 Å². The van der Waals surface area contributed by atoms with Crippen molar-refractivity contribution >= 4 is 17.3 Å². The summed E-state index contributed by atoms with van der Waals surface area (Å²) < 4.78 is 0. The van der Waals surface area contributed by atoms with Crippen molar-refractivity contribution in [3.63, 3.8) is 0 Å². The van der Waals surface area contributed by atoms with E-state index in [-0.39, 0.29) is 6.42 Å². The number of carboxylic acid groups (broad SMARTS) is 1. The van der Waals surface area contributed by atoms with Gasteiger partial charge >= 0.3 is 5.97 Å². The SMILES string of the molecule is C=CCCNCc1ccc(CC(=O)O)s1. The van der Waals surface area contributed by atoms with Crippen molar-refractivity contribution in [3.05, 3.63) is 34.5 Å². The molecular weight excluding hydrogens is 210 g/mol. The predicted octanol–water partition coefficient (Wildman–Crippen LogP) is 2.04. The fourth-order valence-electron chi connectivity index (χ4n) is 1.18. The third-order valence-electron chi connectivity index (χ3n) is 1.87. The lowest BCUT2D eigenvalue weighted by molar-refractivity contribution is -0.136. The smallest absolute Gasteiger partial charge is 0.308 e. The van der Waals surface area contributed by atoms with Crippen LogP contribution in [0.1, 0.15) is 16.2 Å². The Labute approximate surface area is 93.4 Å². The van der Waals surface area contributed by atoms with Gasteiger partial charge in [-0.25, -0.2) is 0 Å². The van der Waals surface area contributed by atoms with E-state index < -0.39 is 5.97 Å². The minimum atomic E-state index is -0.775. The van der Waals surface area contributed by atoms with Crippen molar-refractivity contribution in [2.45, 2.75) is 19.4 Å². The molecule has 0 radical (unpaired) electrons. The minimum Gasteiger partial charge on any atom is -0.481 e. The molecule has 0 amide bonds. The molecule has 0 saturated heterocycles. The molecule has 0 bridgehead atoms. The number of carbonyl (C=O) groups is 1. The molecule has 0 aliphatic rings. The summed E-state index contributed by atoms with van der Waals surface area (Å²) in [4.78, 5) is 12.5. The number of thiophene rings is 1. The summed E-state index contributed by atoms with van der Waals surface area (Å²) >= 11 is 1.55. The Bertz CT molecular complexity index is 333. The summed E-state index contributed by atoms with van der Waals surface area (Å²) in [6.07, 6.45) is 2.95. The highest BCUT2D eigenvalue weighted by Gasteiger charge is 2.03. The van der Waals surface area contributed by atoms with Crippen LogP contribution in [0.3, 0.4) is 0 Å². The second-order valence-electron chi connectivity index (χ2n) is 3.19. The maximum Gasteiger partial charge on any atom is 0.308 e. The summed E-state index contributed by atoms with van der Waals surface area (Å²) in [5, 5.41) is 11.9. The predicted molar refractivity (Wildman–Crippen MR) is 62.2 cm³/mol. The number of hydrogen-bond acceptors (Lipinski definition) is 3. The van der Waals surface area contributed by atoms with Crippen LogP contribution in [0.15, 0.2) is 24.8 Å². The van der Waals surface area contributed by atoms with Gasteiger partial charge in [-0.05, 0) is 25.1 Å². The molecule has 0 aliphatic heterocycles. The van der Waals surface area contributed by atoms with E-state index in [9.17, 15) is 4.79 Å². The van der Waals surface area contributed by atoms with Crippen LogP contribution in [0, 0.1) is 0 Å². The monoisotopic (exact) mass is 225 g/mol. The van der Waals surface area contributed by atoms with Gasteiger partial charge in [0.1, 0.15) is 0 Å². The molecule has 1 rings (SSSR count). The quantitative estimate of drug-likeness (QED) is 0.551. The molecule has 3 nitrogen and oxygen atoms in total. The van der Waals surface area contributed by atoms with Crippen LogP contribution in [0.2, 0.25) is 0 Å². The molecule has 0 atom stereocenters. The Kier molecular flexibility index (Phi) is 5.07. The normalized spacial score (nSPS) is 10.1. The highest BCUT2D eigenvalue weighted by Crippen LogP contribution is 2.16. The van der Waals surface area contributed by atoms with Crippen LogP contribution in [0.5, 0.6) is 0 Å². The third kappa shape index (κ3) is 4.76. The second-order valence-corrected chi connectivity index (χ2v) is 4.45. The maximum absolute atomic E-state index is 10.5. The molecule has 1 aromatic rings. The Morgan fingerprint density at radius 1 is 1.53 bits per heavy atom. The summed E-state index contributed by atoms with van der Waals surface area (Å²) in [6, 6.07) is 3.85.